The van der Waals surface area contributed by atoms with Crippen LogP contribution in [-0.4, -0.2) is 49.1 Å². The number of aromatic amines is 1. The number of piperazine rings is 1. The van der Waals surface area contributed by atoms with E-state index in [1.165, 1.54) is 0 Å². The first-order valence-electron chi connectivity index (χ1n) is 9.41. The highest BCUT2D eigenvalue weighted by atomic mass is 16.5. The van der Waals surface area contributed by atoms with E-state index in [1.807, 2.05) is 41.3 Å². The topological polar surface area (TPSA) is 78.8 Å². The molecule has 1 aliphatic rings. The van der Waals surface area contributed by atoms with Gasteiger partial charge in [0, 0.05) is 38.3 Å². The van der Waals surface area contributed by atoms with Crippen LogP contribution in [0.3, 0.4) is 0 Å². The first-order valence-corrected chi connectivity index (χ1v) is 9.41. The third-order valence-corrected chi connectivity index (χ3v) is 5.18. The predicted molar refractivity (Wildman–Crippen MR) is 107 cm³/mol. The maximum atomic E-state index is 12.6. The lowest BCUT2D eigenvalue weighted by molar-refractivity contribution is -0.131. The molecule has 0 saturated carbocycles. The molecule has 28 heavy (non-hydrogen) atoms. The summed E-state index contributed by atoms with van der Waals surface area (Å²) in [6, 6.07) is 13.5. The Balaban J connectivity index is 1.30. The van der Waals surface area contributed by atoms with Gasteiger partial charge in [0.15, 0.2) is 5.58 Å². The second-order valence-corrected chi connectivity index (χ2v) is 6.91. The Kier molecular flexibility index (Phi) is 5.06. The molecule has 3 aromatic rings. The van der Waals surface area contributed by atoms with Gasteiger partial charge in [0.05, 0.1) is 12.6 Å². The largest absolute Gasteiger partial charge is 0.497 e. The maximum absolute atomic E-state index is 12.6. The van der Waals surface area contributed by atoms with E-state index in [1.54, 1.807) is 13.2 Å². The highest BCUT2D eigenvalue weighted by Crippen LogP contribution is 2.21. The van der Waals surface area contributed by atoms with Gasteiger partial charge in [-0.1, -0.05) is 6.07 Å². The van der Waals surface area contributed by atoms with Gasteiger partial charge in [0.2, 0.25) is 5.91 Å². The van der Waals surface area contributed by atoms with Gasteiger partial charge in [-0.2, -0.15) is 0 Å². The van der Waals surface area contributed by atoms with E-state index < -0.39 is 5.76 Å². The van der Waals surface area contributed by atoms with Crippen LogP contribution < -0.4 is 15.4 Å². The molecule has 0 bridgehead atoms. The van der Waals surface area contributed by atoms with E-state index in [-0.39, 0.29) is 5.91 Å². The summed E-state index contributed by atoms with van der Waals surface area (Å²) in [4.78, 5) is 30.7. The summed E-state index contributed by atoms with van der Waals surface area (Å²) in [5.41, 5.74) is 3.36. The fourth-order valence-electron chi connectivity index (χ4n) is 3.57. The van der Waals surface area contributed by atoms with Gasteiger partial charge in [-0.15, -0.1) is 0 Å². The quantitative estimate of drug-likeness (QED) is 0.734. The third-order valence-electron chi connectivity index (χ3n) is 5.18. The number of hydrogen-bond acceptors (Lipinski definition) is 5. The number of methoxy groups -OCH3 is 1. The molecule has 0 radical (unpaired) electrons. The molecule has 0 atom stereocenters. The zero-order chi connectivity index (χ0) is 19.5. The molecule has 1 fully saturated rings. The van der Waals surface area contributed by atoms with Crippen molar-refractivity contribution in [1.82, 2.24) is 9.88 Å². The molecule has 7 nitrogen and oxygen atoms in total. The Bertz CT molecular complexity index is 1010. The smallest absolute Gasteiger partial charge is 0.417 e. The lowest BCUT2D eigenvalue weighted by Gasteiger charge is -2.36. The molecular weight excluding hydrogens is 358 g/mol. The van der Waals surface area contributed by atoms with Crippen LogP contribution in [-0.2, 0) is 11.2 Å². The van der Waals surface area contributed by atoms with Crippen LogP contribution in [0.2, 0.25) is 0 Å². The second kappa shape index (κ2) is 7.80. The standard InChI is InChI=1S/C21H23N3O4/c1-27-17-6-4-16(5-7-17)23-10-12-24(13-11-23)20(25)9-3-15-2-8-19-18(14-15)22-21(26)28-19/h2,4-8,14H,3,9-13H2,1H3,(H,22,26). The van der Waals surface area contributed by atoms with Gasteiger partial charge in [-0.3, -0.25) is 9.78 Å². The average molecular weight is 381 g/mol. The van der Waals surface area contributed by atoms with Crippen molar-refractivity contribution in [3.05, 3.63) is 58.6 Å². The number of nitrogens with zero attached hydrogens (tertiary/aromatic N) is 2. The number of benzene rings is 2. The maximum Gasteiger partial charge on any atom is 0.417 e. The van der Waals surface area contributed by atoms with Gasteiger partial charge in [0.1, 0.15) is 5.75 Å². The highest BCUT2D eigenvalue weighted by Gasteiger charge is 2.21. The van der Waals surface area contributed by atoms with Crippen LogP contribution in [0, 0.1) is 0 Å². The minimum atomic E-state index is -0.460. The van der Waals surface area contributed by atoms with Crippen molar-refractivity contribution in [2.45, 2.75) is 12.8 Å². The number of carbonyl (C=O) groups excluding carboxylic acids is 1. The molecule has 1 amide bonds. The second-order valence-electron chi connectivity index (χ2n) is 6.91. The van der Waals surface area contributed by atoms with Gasteiger partial charge in [-0.25, -0.2) is 4.79 Å². The summed E-state index contributed by atoms with van der Waals surface area (Å²) in [6.07, 6.45) is 1.09. The molecule has 7 heteroatoms. The number of rotatable bonds is 5. The molecule has 2 heterocycles. The SMILES string of the molecule is COc1ccc(N2CCN(C(=O)CCc3ccc4oc(=O)[nH]c4c3)CC2)cc1. The molecule has 1 N–H and O–H groups in total. The Morgan fingerprint density at radius 3 is 2.57 bits per heavy atom. The van der Waals surface area contributed by atoms with E-state index in [0.29, 0.717) is 23.9 Å². The zero-order valence-electron chi connectivity index (χ0n) is 15.8. The van der Waals surface area contributed by atoms with E-state index >= 15 is 0 Å². The van der Waals surface area contributed by atoms with Crippen LogP contribution in [0.25, 0.3) is 11.1 Å². The first-order chi connectivity index (χ1) is 13.6. The lowest BCUT2D eigenvalue weighted by Crippen LogP contribution is -2.48. The Morgan fingerprint density at radius 1 is 1.11 bits per heavy atom. The number of fused-ring (bicyclic) bond motifs is 1. The summed E-state index contributed by atoms with van der Waals surface area (Å²) in [6.45, 7) is 3.08. The molecule has 1 aliphatic heterocycles. The van der Waals surface area contributed by atoms with Crippen LogP contribution in [0.5, 0.6) is 5.75 Å². The summed E-state index contributed by atoms with van der Waals surface area (Å²) in [5, 5.41) is 0. The Hall–Kier alpha value is -3.22. The van der Waals surface area contributed by atoms with Crippen molar-refractivity contribution >= 4 is 22.7 Å². The van der Waals surface area contributed by atoms with E-state index in [9.17, 15) is 9.59 Å². The number of anilines is 1. The number of nitrogens with one attached hydrogen (secondary N) is 1. The fourth-order valence-corrected chi connectivity index (χ4v) is 3.57. The molecule has 1 saturated heterocycles. The number of aryl methyl sites for hydroxylation is 1. The molecule has 0 aliphatic carbocycles. The molecular formula is C21H23N3O4. The number of H-pyrrole nitrogens is 1. The third kappa shape index (κ3) is 3.88. The van der Waals surface area contributed by atoms with Crippen LogP contribution in [0.1, 0.15) is 12.0 Å². The lowest BCUT2D eigenvalue weighted by atomic mass is 10.1. The van der Waals surface area contributed by atoms with Crippen molar-refractivity contribution in [3.63, 3.8) is 0 Å². The summed E-state index contributed by atoms with van der Waals surface area (Å²) in [7, 11) is 1.66. The molecule has 1 aromatic heterocycles. The molecule has 146 valence electrons. The summed E-state index contributed by atoms with van der Waals surface area (Å²) >= 11 is 0. The monoisotopic (exact) mass is 381 g/mol. The number of ether oxygens (including phenoxy) is 1. The molecule has 2 aromatic carbocycles. The predicted octanol–water partition coefficient (Wildman–Crippen LogP) is 2.41. The van der Waals surface area contributed by atoms with Gasteiger partial charge >= 0.3 is 5.76 Å². The number of carbonyl (C=O) groups is 1. The van der Waals surface area contributed by atoms with Gasteiger partial charge in [0.25, 0.3) is 0 Å². The number of hydrogen-bond donors (Lipinski definition) is 1. The van der Waals surface area contributed by atoms with Crippen LogP contribution >= 0.6 is 0 Å². The Morgan fingerprint density at radius 2 is 1.86 bits per heavy atom. The number of oxazole rings is 1. The average Bonchev–Trinajstić information content (AvgIpc) is 3.11. The van der Waals surface area contributed by atoms with Crippen molar-refractivity contribution in [1.29, 1.82) is 0 Å². The first kappa shape index (κ1) is 18.2. The van der Waals surface area contributed by atoms with Gasteiger partial charge in [-0.05, 0) is 48.4 Å². The van der Waals surface area contributed by atoms with Crippen molar-refractivity contribution in [3.8, 4) is 5.75 Å². The minimum absolute atomic E-state index is 0.162. The van der Waals surface area contributed by atoms with Crippen molar-refractivity contribution in [2.24, 2.45) is 0 Å². The molecule has 0 spiro atoms. The zero-order valence-corrected chi connectivity index (χ0v) is 15.8. The number of amides is 1. The van der Waals surface area contributed by atoms with E-state index in [0.717, 1.165) is 43.2 Å². The number of aromatic nitrogens is 1. The molecule has 0 unspecified atom stereocenters. The van der Waals surface area contributed by atoms with Gasteiger partial charge < -0.3 is 19.0 Å². The van der Waals surface area contributed by atoms with Crippen LogP contribution in [0.15, 0.2) is 51.7 Å². The summed E-state index contributed by atoms with van der Waals surface area (Å²) < 4.78 is 10.2. The molecule has 4 rings (SSSR count). The normalized spacial score (nSPS) is 14.5. The van der Waals surface area contributed by atoms with E-state index in [2.05, 4.69) is 9.88 Å². The van der Waals surface area contributed by atoms with Crippen molar-refractivity contribution in [2.75, 3.05) is 38.2 Å². The van der Waals surface area contributed by atoms with Crippen LogP contribution in [0.4, 0.5) is 5.69 Å². The summed E-state index contributed by atoms with van der Waals surface area (Å²) in [5.74, 6) is 0.545. The highest BCUT2D eigenvalue weighted by molar-refractivity contribution is 5.77. The minimum Gasteiger partial charge on any atom is -0.497 e. The Labute approximate surface area is 162 Å². The fraction of sp³-hybridized carbons (Fsp3) is 0.333. The van der Waals surface area contributed by atoms with E-state index in [4.69, 9.17) is 9.15 Å². The van der Waals surface area contributed by atoms with Crippen molar-refractivity contribution < 1.29 is 13.9 Å².